The molecule has 148 valence electrons. The minimum absolute atomic E-state index is 0.0916. The molecule has 4 heteroatoms. The van der Waals surface area contributed by atoms with Crippen LogP contribution in [-0.4, -0.2) is 23.0 Å². The number of Topliss-reactive ketones (excluding diaryl/α,β-unsaturated/α-hetero) is 1. The molecule has 0 aromatic carbocycles. The number of halogens is 1. The second-order valence-corrected chi connectivity index (χ2v) is 8.14. The molecule has 1 aromatic heterocycles. The molecule has 27 heavy (non-hydrogen) atoms. The Morgan fingerprint density at radius 2 is 2.04 bits per heavy atom. The number of nitrogens with zero attached hydrogens (tertiary/aromatic N) is 2. The van der Waals surface area contributed by atoms with E-state index in [9.17, 15) is 9.18 Å². The van der Waals surface area contributed by atoms with Crippen molar-refractivity contribution in [3.63, 3.8) is 0 Å². The molecule has 0 saturated carbocycles. The fraction of sp³-hybridized carbons (Fsp3) is 0.609. The summed E-state index contributed by atoms with van der Waals surface area (Å²) in [5.74, 6) is 1.18. The first-order chi connectivity index (χ1) is 12.8. The second kappa shape index (κ2) is 9.91. The molecule has 2 rings (SSSR count). The molecule has 0 saturated heterocycles. The highest BCUT2D eigenvalue weighted by Gasteiger charge is 2.26. The molecule has 3 unspecified atom stereocenters. The van der Waals surface area contributed by atoms with E-state index in [1.165, 1.54) is 11.8 Å². The van der Waals surface area contributed by atoms with Gasteiger partial charge in [0.05, 0.1) is 6.20 Å². The molecule has 3 nitrogen and oxygen atoms in total. The summed E-state index contributed by atoms with van der Waals surface area (Å²) in [7, 11) is 0. The van der Waals surface area contributed by atoms with Gasteiger partial charge in [0.25, 0.3) is 0 Å². The van der Waals surface area contributed by atoms with Crippen molar-refractivity contribution in [3.8, 4) is 0 Å². The molecular formula is C23H33FN2O. The summed E-state index contributed by atoms with van der Waals surface area (Å²) >= 11 is 0. The van der Waals surface area contributed by atoms with Crippen molar-refractivity contribution in [1.82, 2.24) is 4.98 Å². The molecule has 0 bridgehead atoms. The zero-order valence-corrected chi connectivity index (χ0v) is 17.3. The van der Waals surface area contributed by atoms with Crippen LogP contribution in [0.1, 0.15) is 59.4 Å². The van der Waals surface area contributed by atoms with Crippen LogP contribution in [0.25, 0.3) is 0 Å². The topological polar surface area (TPSA) is 42.3 Å². The number of pyridine rings is 1. The van der Waals surface area contributed by atoms with Crippen molar-refractivity contribution in [2.45, 2.75) is 60.3 Å². The van der Waals surface area contributed by atoms with E-state index in [0.29, 0.717) is 30.0 Å². The fourth-order valence-electron chi connectivity index (χ4n) is 3.80. The van der Waals surface area contributed by atoms with Crippen LogP contribution >= 0.6 is 0 Å². The second-order valence-electron chi connectivity index (χ2n) is 8.14. The number of allylic oxidation sites excluding steroid dienone is 1. The average molecular weight is 373 g/mol. The lowest BCUT2D eigenvalue weighted by atomic mass is 9.77. The SMILES string of the molecule is CCC(CC(=O)C(C)C)C(C)C1=CC(CCc2cncc(F)c2)CN=C1C. The monoisotopic (exact) mass is 372 g/mol. The molecule has 1 aromatic rings. The summed E-state index contributed by atoms with van der Waals surface area (Å²) in [6.07, 6.45) is 8.68. The molecule has 0 fully saturated rings. The van der Waals surface area contributed by atoms with E-state index >= 15 is 0 Å². The summed E-state index contributed by atoms with van der Waals surface area (Å²) in [5.41, 5.74) is 3.31. The Hall–Kier alpha value is -1.84. The van der Waals surface area contributed by atoms with Crippen LogP contribution in [0.2, 0.25) is 0 Å². The first kappa shape index (κ1) is 21.5. The first-order valence-electron chi connectivity index (χ1n) is 10.2. The number of aliphatic imine (C=N–C) groups is 1. The van der Waals surface area contributed by atoms with Gasteiger partial charge in [0.15, 0.2) is 0 Å². The largest absolute Gasteiger partial charge is 0.299 e. The van der Waals surface area contributed by atoms with Crippen molar-refractivity contribution >= 4 is 11.5 Å². The zero-order chi connectivity index (χ0) is 20.0. The number of hydrogen-bond acceptors (Lipinski definition) is 3. The van der Waals surface area contributed by atoms with Crippen LogP contribution in [0, 0.1) is 29.5 Å². The van der Waals surface area contributed by atoms with Crippen molar-refractivity contribution in [2.24, 2.45) is 28.7 Å². The van der Waals surface area contributed by atoms with Gasteiger partial charge in [0.1, 0.15) is 11.6 Å². The minimum atomic E-state index is -0.282. The minimum Gasteiger partial charge on any atom is -0.299 e. The van der Waals surface area contributed by atoms with Crippen LogP contribution in [-0.2, 0) is 11.2 Å². The van der Waals surface area contributed by atoms with Crippen molar-refractivity contribution in [2.75, 3.05) is 6.54 Å². The lowest BCUT2D eigenvalue weighted by Crippen LogP contribution is -2.25. The number of aryl methyl sites for hydroxylation is 1. The Kier molecular flexibility index (Phi) is 7.88. The highest BCUT2D eigenvalue weighted by Crippen LogP contribution is 2.32. The van der Waals surface area contributed by atoms with Crippen molar-refractivity contribution in [1.29, 1.82) is 0 Å². The molecule has 0 aliphatic carbocycles. The van der Waals surface area contributed by atoms with Gasteiger partial charge in [-0.2, -0.15) is 0 Å². The number of carbonyl (C=O) groups excluding carboxylic acids is 1. The van der Waals surface area contributed by atoms with Gasteiger partial charge in [-0.05, 0) is 54.7 Å². The molecule has 0 spiro atoms. The molecule has 3 atom stereocenters. The number of dihydropyridines is 1. The maximum Gasteiger partial charge on any atom is 0.141 e. The van der Waals surface area contributed by atoms with E-state index in [4.69, 9.17) is 4.99 Å². The first-order valence-corrected chi connectivity index (χ1v) is 10.2. The van der Waals surface area contributed by atoms with Gasteiger partial charge in [0.2, 0.25) is 0 Å². The Morgan fingerprint density at radius 3 is 2.67 bits per heavy atom. The molecule has 1 aliphatic heterocycles. The van der Waals surface area contributed by atoms with Crippen LogP contribution in [0.4, 0.5) is 4.39 Å². The van der Waals surface area contributed by atoms with Crippen LogP contribution in [0.3, 0.4) is 0 Å². The maximum absolute atomic E-state index is 13.3. The Labute approximate surface area is 163 Å². The van der Waals surface area contributed by atoms with Gasteiger partial charge in [-0.1, -0.05) is 40.2 Å². The summed E-state index contributed by atoms with van der Waals surface area (Å²) < 4.78 is 13.3. The molecule has 1 aliphatic rings. The van der Waals surface area contributed by atoms with Crippen molar-refractivity contribution in [3.05, 3.63) is 41.5 Å². The lowest BCUT2D eigenvalue weighted by Gasteiger charge is -2.29. The summed E-state index contributed by atoms with van der Waals surface area (Å²) in [4.78, 5) is 20.9. The van der Waals surface area contributed by atoms with Gasteiger partial charge < -0.3 is 0 Å². The van der Waals surface area contributed by atoms with Gasteiger partial charge in [0, 0.05) is 30.8 Å². The van der Waals surface area contributed by atoms with Crippen molar-refractivity contribution < 1.29 is 9.18 Å². The van der Waals surface area contributed by atoms with E-state index in [-0.39, 0.29) is 11.7 Å². The normalized spacial score (nSPS) is 19.4. The van der Waals surface area contributed by atoms with Gasteiger partial charge >= 0.3 is 0 Å². The molecule has 0 amide bonds. The van der Waals surface area contributed by atoms with E-state index in [0.717, 1.165) is 37.1 Å². The number of aromatic nitrogens is 1. The average Bonchev–Trinajstić information content (AvgIpc) is 2.64. The van der Waals surface area contributed by atoms with E-state index in [2.05, 4.69) is 31.8 Å². The van der Waals surface area contributed by atoms with Gasteiger partial charge in [-0.3, -0.25) is 14.8 Å². The highest BCUT2D eigenvalue weighted by atomic mass is 19.1. The summed E-state index contributed by atoms with van der Waals surface area (Å²) in [5, 5.41) is 0. The highest BCUT2D eigenvalue weighted by molar-refractivity contribution is 5.99. The quantitative estimate of drug-likeness (QED) is 0.578. The smallest absolute Gasteiger partial charge is 0.141 e. The van der Waals surface area contributed by atoms with E-state index in [1.807, 2.05) is 13.8 Å². The summed E-state index contributed by atoms with van der Waals surface area (Å²) in [6, 6.07) is 1.56. The third-order valence-electron chi connectivity index (χ3n) is 5.79. The molecule has 0 radical (unpaired) electrons. The summed E-state index contributed by atoms with van der Waals surface area (Å²) in [6.45, 7) is 11.2. The zero-order valence-electron chi connectivity index (χ0n) is 17.3. The maximum atomic E-state index is 13.3. The van der Waals surface area contributed by atoms with Crippen LogP contribution < -0.4 is 0 Å². The van der Waals surface area contributed by atoms with Gasteiger partial charge in [-0.15, -0.1) is 0 Å². The standard InChI is InChI=1S/C23H33FN2O/c1-6-20(11-23(27)15(2)3)16(4)22-10-19(13-26-17(22)5)8-7-18-9-21(24)14-25-12-18/h9-10,12,14-16,19-20H,6-8,11,13H2,1-5H3. The number of ketones is 1. The predicted octanol–water partition coefficient (Wildman–Crippen LogP) is 5.45. The number of carbonyl (C=O) groups is 1. The lowest BCUT2D eigenvalue weighted by molar-refractivity contribution is -0.123. The molecular weight excluding hydrogens is 339 g/mol. The van der Waals surface area contributed by atoms with E-state index in [1.54, 1.807) is 12.3 Å². The number of rotatable bonds is 9. The number of hydrogen-bond donors (Lipinski definition) is 0. The Morgan fingerprint density at radius 1 is 1.30 bits per heavy atom. The third kappa shape index (κ3) is 6.08. The Balaban J connectivity index is 2.06. The van der Waals surface area contributed by atoms with E-state index < -0.39 is 0 Å². The predicted molar refractivity (Wildman–Crippen MR) is 109 cm³/mol. The third-order valence-corrected chi connectivity index (χ3v) is 5.79. The molecule has 2 heterocycles. The molecule has 0 N–H and O–H groups in total. The fourth-order valence-corrected chi connectivity index (χ4v) is 3.80. The van der Waals surface area contributed by atoms with Crippen LogP contribution in [0.5, 0.6) is 0 Å². The van der Waals surface area contributed by atoms with Gasteiger partial charge in [-0.25, -0.2) is 4.39 Å². The van der Waals surface area contributed by atoms with Crippen LogP contribution in [0.15, 0.2) is 35.1 Å². The Bertz CT molecular complexity index is 708.